The van der Waals surface area contributed by atoms with Crippen molar-refractivity contribution < 1.29 is 4.79 Å². The summed E-state index contributed by atoms with van der Waals surface area (Å²) in [5.74, 6) is 0. The average molecular weight is 241 g/mol. The lowest BCUT2D eigenvalue weighted by Gasteiger charge is -2.20. The lowest BCUT2D eigenvalue weighted by atomic mass is 10.1. The zero-order valence-corrected chi connectivity index (χ0v) is 8.73. The van der Waals surface area contributed by atoms with E-state index in [1.165, 1.54) is 5.56 Å². The lowest BCUT2D eigenvalue weighted by molar-refractivity contribution is 0.251. The number of aryl methyl sites for hydroxylation is 1. The fourth-order valence-corrected chi connectivity index (χ4v) is 2.03. The first-order chi connectivity index (χ1) is 6.16. The predicted octanol–water partition coefficient (Wildman–Crippen LogP) is 2.39. The van der Waals surface area contributed by atoms with Crippen molar-refractivity contribution in [2.75, 3.05) is 5.32 Å². The number of carbonyl (C=O) groups excluding carboxylic acids is 1. The molecule has 2 rings (SSSR count). The van der Waals surface area contributed by atoms with Gasteiger partial charge in [-0.05, 0) is 30.2 Å². The number of hydrogen-bond acceptors (Lipinski definition) is 1. The van der Waals surface area contributed by atoms with E-state index in [9.17, 15) is 4.79 Å². The van der Waals surface area contributed by atoms with Crippen LogP contribution in [0.4, 0.5) is 10.5 Å². The van der Waals surface area contributed by atoms with E-state index in [0.717, 1.165) is 15.7 Å². The SMILES string of the molecule is Cc1cc(Br)cc2c1CNC(=O)N2. The molecule has 2 amide bonds. The zero-order chi connectivity index (χ0) is 9.42. The molecular formula is C9H9BrN2O. The molecule has 0 saturated carbocycles. The number of hydrogen-bond donors (Lipinski definition) is 2. The van der Waals surface area contributed by atoms with Crippen LogP contribution in [0.2, 0.25) is 0 Å². The Bertz CT molecular complexity index is 376. The van der Waals surface area contributed by atoms with Gasteiger partial charge in [-0.2, -0.15) is 0 Å². The van der Waals surface area contributed by atoms with Crippen LogP contribution in [0.3, 0.4) is 0 Å². The van der Waals surface area contributed by atoms with E-state index < -0.39 is 0 Å². The van der Waals surface area contributed by atoms with Crippen LogP contribution in [0.5, 0.6) is 0 Å². The van der Waals surface area contributed by atoms with E-state index >= 15 is 0 Å². The molecule has 0 aliphatic carbocycles. The van der Waals surface area contributed by atoms with Crippen molar-refractivity contribution in [3.63, 3.8) is 0 Å². The minimum Gasteiger partial charge on any atom is -0.334 e. The van der Waals surface area contributed by atoms with E-state index in [2.05, 4.69) is 26.6 Å². The van der Waals surface area contributed by atoms with Gasteiger partial charge in [0.1, 0.15) is 0 Å². The van der Waals surface area contributed by atoms with Crippen molar-refractivity contribution in [3.8, 4) is 0 Å². The molecule has 0 unspecified atom stereocenters. The Kier molecular flexibility index (Phi) is 2.00. The standard InChI is InChI=1S/C9H9BrN2O/c1-5-2-6(10)3-8-7(5)4-11-9(13)12-8/h2-3H,4H2,1H3,(H2,11,12,13). The van der Waals surface area contributed by atoms with E-state index in [0.29, 0.717) is 6.54 Å². The highest BCUT2D eigenvalue weighted by molar-refractivity contribution is 9.10. The quantitative estimate of drug-likeness (QED) is 0.719. The van der Waals surface area contributed by atoms with Crippen molar-refractivity contribution in [3.05, 3.63) is 27.7 Å². The van der Waals surface area contributed by atoms with Gasteiger partial charge in [-0.15, -0.1) is 0 Å². The molecule has 0 radical (unpaired) electrons. The number of nitrogens with one attached hydrogen (secondary N) is 2. The van der Waals surface area contributed by atoms with Crippen LogP contribution in [0.1, 0.15) is 11.1 Å². The second kappa shape index (κ2) is 3.03. The topological polar surface area (TPSA) is 41.1 Å². The second-order valence-electron chi connectivity index (χ2n) is 3.06. The van der Waals surface area contributed by atoms with Crippen molar-refractivity contribution in [1.29, 1.82) is 0 Å². The molecule has 68 valence electrons. The third-order valence-corrected chi connectivity index (χ3v) is 2.57. The van der Waals surface area contributed by atoms with Crippen LogP contribution in [0.25, 0.3) is 0 Å². The lowest BCUT2D eigenvalue weighted by Crippen LogP contribution is -2.33. The molecule has 3 nitrogen and oxygen atoms in total. The normalized spacial score (nSPS) is 14.5. The van der Waals surface area contributed by atoms with Crippen LogP contribution in [0.15, 0.2) is 16.6 Å². The Balaban J connectivity index is 2.53. The maximum absolute atomic E-state index is 11.0. The van der Waals surface area contributed by atoms with Gasteiger partial charge in [-0.1, -0.05) is 15.9 Å². The highest BCUT2D eigenvalue weighted by Gasteiger charge is 2.15. The van der Waals surface area contributed by atoms with Gasteiger partial charge in [0.05, 0.1) is 0 Å². The highest BCUT2D eigenvalue weighted by atomic mass is 79.9. The van der Waals surface area contributed by atoms with Gasteiger partial charge >= 0.3 is 6.03 Å². The monoisotopic (exact) mass is 240 g/mol. The van der Waals surface area contributed by atoms with Gasteiger partial charge in [0.2, 0.25) is 0 Å². The summed E-state index contributed by atoms with van der Waals surface area (Å²) in [6.45, 7) is 2.64. The molecule has 0 bridgehead atoms. The summed E-state index contributed by atoms with van der Waals surface area (Å²) in [5, 5.41) is 5.49. The van der Waals surface area contributed by atoms with Gasteiger partial charge in [-0.3, -0.25) is 0 Å². The summed E-state index contributed by atoms with van der Waals surface area (Å²) in [7, 11) is 0. The Morgan fingerprint density at radius 3 is 3.00 bits per heavy atom. The van der Waals surface area contributed by atoms with Crippen LogP contribution in [-0.4, -0.2) is 6.03 Å². The third kappa shape index (κ3) is 1.54. The number of amides is 2. The number of benzene rings is 1. The Hall–Kier alpha value is -1.03. The Morgan fingerprint density at radius 1 is 1.46 bits per heavy atom. The highest BCUT2D eigenvalue weighted by Crippen LogP contribution is 2.26. The van der Waals surface area contributed by atoms with Crippen LogP contribution >= 0.6 is 15.9 Å². The number of carbonyl (C=O) groups is 1. The number of halogens is 1. The molecule has 1 aromatic rings. The molecule has 4 heteroatoms. The number of urea groups is 1. The molecule has 1 aliphatic heterocycles. The van der Waals surface area contributed by atoms with Crippen molar-refractivity contribution in [2.24, 2.45) is 0 Å². The minimum absolute atomic E-state index is 0.134. The molecule has 13 heavy (non-hydrogen) atoms. The van der Waals surface area contributed by atoms with Gasteiger partial charge in [0, 0.05) is 16.7 Å². The second-order valence-corrected chi connectivity index (χ2v) is 3.97. The maximum atomic E-state index is 11.0. The largest absolute Gasteiger partial charge is 0.334 e. The summed E-state index contributed by atoms with van der Waals surface area (Å²) in [4.78, 5) is 11.0. The number of anilines is 1. The smallest absolute Gasteiger partial charge is 0.319 e. The van der Waals surface area contributed by atoms with Gasteiger partial charge in [0.15, 0.2) is 0 Å². The van der Waals surface area contributed by atoms with Crippen LogP contribution in [-0.2, 0) is 6.54 Å². The van der Waals surface area contributed by atoms with Gasteiger partial charge < -0.3 is 10.6 Å². The van der Waals surface area contributed by atoms with E-state index in [1.807, 2.05) is 19.1 Å². The molecule has 0 fully saturated rings. The van der Waals surface area contributed by atoms with Crippen LogP contribution in [0, 0.1) is 6.92 Å². The number of rotatable bonds is 0. The average Bonchev–Trinajstić information content (AvgIpc) is 2.02. The number of fused-ring (bicyclic) bond motifs is 1. The molecule has 0 atom stereocenters. The summed E-state index contributed by atoms with van der Waals surface area (Å²) >= 11 is 3.39. The maximum Gasteiger partial charge on any atom is 0.319 e. The summed E-state index contributed by atoms with van der Waals surface area (Å²) in [6, 6.07) is 3.82. The first-order valence-electron chi connectivity index (χ1n) is 4.00. The van der Waals surface area contributed by atoms with Crippen LogP contribution < -0.4 is 10.6 Å². The molecule has 1 aliphatic rings. The molecule has 0 saturated heterocycles. The molecule has 1 heterocycles. The Labute approximate surface area is 84.6 Å². The fraction of sp³-hybridized carbons (Fsp3) is 0.222. The first kappa shape index (κ1) is 8.56. The third-order valence-electron chi connectivity index (χ3n) is 2.11. The van der Waals surface area contributed by atoms with E-state index in [1.54, 1.807) is 0 Å². The van der Waals surface area contributed by atoms with Gasteiger partial charge in [-0.25, -0.2) is 4.79 Å². The summed E-state index contributed by atoms with van der Waals surface area (Å²) in [5.41, 5.74) is 3.23. The first-order valence-corrected chi connectivity index (χ1v) is 4.80. The fourth-order valence-electron chi connectivity index (χ4n) is 1.45. The zero-order valence-electron chi connectivity index (χ0n) is 7.15. The molecule has 2 N–H and O–H groups in total. The summed E-state index contributed by atoms with van der Waals surface area (Å²) in [6.07, 6.45) is 0. The summed E-state index contributed by atoms with van der Waals surface area (Å²) < 4.78 is 0.992. The molecule has 0 spiro atoms. The molecular weight excluding hydrogens is 232 g/mol. The Morgan fingerprint density at radius 2 is 2.23 bits per heavy atom. The van der Waals surface area contributed by atoms with Gasteiger partial charge in [0.25, 0.3) is 0 Å². The minimum atomic E-state index is -0.134. The van der Waals surface area contributed by atoms with Crippen molar-refractivity contribution >= 4 is 27.6 Å². The van der Waals surface area contributed by atoms with Crippen molar-refractivity contribution in [1.82, 2.24) is 5.32 Å². The molecule has 1 aromatic carbocycles. The van der Waals surface area contributed by atoms with E-state index in [4.69, 9.17) is 0 Å². The predicted molar refractivity (Wildman–Crippen MR) is 54.7 cm³/mol. The van der Waals surface area contributed by atoms with Crippen molar-refractivity contribution in [2.45, 2.75) is 13.5 Å². The molecule has 0 aromatic heterocycles. The van der Waals surface area contributed by atoms with E-state index in [-0.39, 0.29) is 6.03 Å².